The lowest BCUT2D eigenvalue weighted by Crippen LogP contribution is -2.18. The number of hydrogen-bond donors (Lipinski definition) is 1. The first-order chi connectivity index (χ1) is 11.5. The van der Waals surface area contributed by atoms with Gasteiger partial charge in [-0.05, 0) is 43.7 Å². The smallest absolute Gasteiger partial charge is 0.291 e. The topological polar surface area (TPSA) is 64.2 Å². The minimum Gasteiger partial charge on any atom is -0.454 e. The lowest BCUT2D eigenvalue weighted by atomic mass is 10.1. The Morgan fingerprint density at radius 3 is 2.71 bits per heavy atom. The second-order valence-corrected chi connectivity index (χ2v) is 5.71. The van der Waals surface area contributed by atoms with E-state index in [1.807, 2.05) is 32.0 Å². The third kappa shape index (κ3) is 3.46. The van der Waals surface area contributed by atoms with Crippen LogP contribution in [0.2, 0.25) is 0 Å². The van der Waals surface area contributed by atoms with Crippen molar-refractivity contribution >= 4 is 11.6 Å². The maximum atomic E-state index is 12.3. The van der Waals surface area contributed by atoms with E-state index >= 15 is 0 Å². The molecule has 1 aromatic carbocycles. The molecule has 0 radical (unpaired) electrons. The van der Waals surface area contributed by atoms with Crippen LogP contribution in [0.25, 0.3) is 0 Å². The lowest BCUT2D eigenvalue weighted by Gasteiger charge is -2.07. The monoisotopic (exact) mass is 322 g/mol. The summed E-state index contributed by atoms with van der Waals surface area (Å²) < 4.78 is 7.09. The van der Waals surface area contributed by atoms with Gasteiger partial charge in [0.05, 0.1) is 6.54 Å². The van der Waals surface area contributed by atoms with E-state index in [2.05, 4.69) is 5.32 Å². The summed E-state index contributed by atoms with van der Waals surface area (Å²) in [7, 11) is 0. The Morgan fingerprint density at radius 1 is 1.12 bits per heavy atom. The summed E-state index contributed by atoms with van der Waals surface area (Å²) in [6.07, 6.45) is 1.68. The number of aryl methyl sites for hydroxylation is 2. The van der Waals surface area contributed by atoms with Gasteiger partial charge in [0.15, 0.2) is 5.76 Å². The predicted molar refractivity (Wildman–Crippen MR) is 92.4 cm³/mol. The maximum absolute atomic E-state index is 12.3. The largest absolute Gasteiger partial charge is 0.454 e. The minimum atomic E-state index is -0.311. The van der Waals surface area contributed by atoms with Gasteiger partial charge < -0.3 is 14.3 Å². The van der Waals surface area contributed by atoms with Crippen molar-refractivity contribution in [2.75, 3.05) is 5.32 Å². The van der Waals surface area contributed by atoms with Crippen LogP contribution in [0.4, 0.5) is 5.69 Å². The standard InChI is InChI=1S/C19H18N2O3/c1-13-6-8-16(14(2)11-13)20-19(23)17-9-7-15(24-17)12-21-10-4-3-5-18(21)22/h3-11H,12H2,1-2H3,(H,20,23). The van der Waals surface area contributed by atoms with Crippen LogP contribution in [0, 0.1) is 13.8 Å². The van der Waals surface area contributed by atoms with Gasteiger partial charge >= 0.3 is 0 Å². The highest BCUT2D eigenvalue weighted by atomic mass is 16.4. The molecule has 0 fully saturated rings. The molecule has 24 heavy (non-hydrogen) atoms. The van der Waals surface area contributed by atoms with Gasteiger partial charge in [0, 0.05) is 18.0 Å². The van der Waals surface area contributed by atoms with Crippen molar-refractivity contribution in [1.29, 1.82) is 0 Å². The Labute approximate surface area is 139 Å². The highest BCUT2D eigenvalue weighted by Crippen LogP contribution is 2.18. The third-order valence-electron chi connectivity index (χ3n) is 3.74. The summed E-state index contributed by atoms with van der Waals surface area (Å²) in [6.45, 7) is 4.23. The van der Waals surface area contributed by atoms with Crippen molar-refractivity contribution in [1.82, 2.24) is 4.57 Å². The minimum absolute atomic E-state index is 0.116. The molecular weight excluding hydrogens is 304 g/mol. The molecule has 0 spiro atoms. The Hall–Kier alpha value is -3.08. The second-order valence-electron chi connectivity index (χ2n) is 5.71. The fourth-order valence-corrected chi connectivity index (χ4v) is 2.48. The average Bonchev–Trinajstić information content (AvgIpc) is 3.01. The van der Waals surface area contributed by atoms with Crippen LogP contribution in [0.3, 0.4) is 0 Å². The molecule has 0 unspecified atom stereocenters. The Morgan fingerprint density at radius 2 is 1.96 bits per heavy atom. The fraction of sp³-hybridized carbons (Fsp3) is 0.158. The molecule has 3 rings (SSSR count). The molecule has 0 atom stereocenters. The SMILES string of the molecule is Cc1ccc(NC(=O)c2ccc(Cn3ccccc3=O)o2)c(C)c1. The molecule has 0 bridgehead atoms. The van der Waals surface area contributed by atoms with Gasteiger partial charge in [-0.2, -0.15) is 0 Å². The van der Waals surface area contributed by atoms with Gasteiger partial charge in [-0.15, -0.1) is 0 Å². The lowest BCUT2D eigenvalue weighted by molar-refractivity contribution is 0.0994. The normalized spacial score (nSPS) is 10.6. The summed E-state index contributed by atoms with van der Waals surface area (Å²) in [5.41, 5.74) is 2.77. The number of nitrogens with zero attached hydrogens (tertiary/aromatic N) is 1. The predicted octanol–water partition coefficient (Wildman–Crippen LogP) is 3.36. The highest BCUT2D eigenvalue weighted by Gasteiger charge is 2.13. The van der Waals surface area contributed by atoms with Gasteiger partial charge in [0.25, 0.3) is 11.5 Å². The number of anilines is 1. The van der Waals surface area contributed by atoms with Gasteiger partial charge in [-0.3, -0.25) is 9.59 Å². The molecule has 1 N–H and O–H groups in total. The second kappa shape index (κ2) is 6.58. The zero-order valence-corrected chi connectivity index (χ0v) is 13.6. The highest BCUT2D eigenvalue weighted by molar-refractivity contribution is 6.02. The molecule has 0 saturated carbocycles. The number of nitrogens with one attached hydrogen (secondary N) is 1. The van der Waals surface area contributed by atoms with E-state index in [0.717, 1.165) is 16.8 Å². The molecule has 0 aliphatic rings. The number of furan rings is 1. The van der Waals surface area contributed by atoms with Crippen LogP contribution >= 0.6 is 0 Å². The summed E-state index contributed by atoms with van der Waals surface area (Å²) in [5, 5.41) is 2.84. The quantitative estimate of drug-likeness (QED) is 0.801. The number of aromatic nitrogens is 1. The number of carbonyl (C=O) groups is 1. The summed E-state index contributed by atoms with van der Waals surface area (Å²) in [4.78, 5) is 24.0. The van der Waals surface area contributed by atoms with Crippen molar-refractivity contribution in [2.24, 2.45) is 0 Å². The number of benzene rings is 1. The summed E-state index contributed by atoms with van der Waals surface area (Å²) in [6, 6.07) is 14.1. The zero-order valence-electron chi connectivity index (χ0n) is 13.6. The molecule has 0 saturated heterocycles. The van der Waals surface area contributed by atoms with Gasteiger partial charge in [0.1, 0.15) is 5.76 Å². The number of pyridine rings is 1. The van der Waals surface area contributed by atoms with E-state index in [1.165, 1.54) is 10.6 Å². The number of amides is 1. The third-order valence-corrected chi connectivity index (χ3v) is 3.74. The van der Waals surface area contributed by atoms with Crippen molar-refractivity contribution in [3.63, 3.8) is 0 Å². The molecule has 3 aromatic rings. The molecule has 1 amide bonds. The van der Waals surface area contributed by atoms with Crippen LogP contribution in [-0.2, 0) is 6.54 Å². The first-order valence-corrected chi connectivity index (χ1v) is 7.66. The van der Waals surface area contributed by atoms with E-state index in [9.17, 15) is 9.59 Å². The molecule has 5 heteroatoms. The zero-order chi connectivity index (χ0) is 17.1. The van der Waals surface area contributed by atoms with Gasteiger partial charge in [-0.25, -0.2) is 0 Å². The summed E-state index contributed by atoms with van der Waals surface area (Å²) >= 11 is 0. The van der Waals surface area contributed by atoms with Crippen molar-refractivity contribution in [3.05, 3.63) is 87.7 Å². The first-order valence-electron chi connectivity index (χ1n) is 7.66. The molecule has 0 aliphatic heterocycles. The van der Waals surface area contributed by atoms with E-state index in [0.29, 0.717) is 5.76 Å². The van der Waals surface area contributed by atoms with E-state index < -0.39 is 0 Å². The summed E-state index contributed by atoms with van der Waals surface area (Å²) in [5.74, 6) is 0.455. The Bertz CT molecular complexity index is 938. The molecule has 2 aromatic heterocycles. The van der Waals surface area contributed by atoms with E-state index in [4.69, 9.17) is 4.42 Å². The van der Waals surface area contributed by atoms with Crippen molar-refractivity contribution in [3.8, 4) is 0 Å². The molecular formula is C19H18N2O3. The Balaban J connectivity index is 1.74. The number of hydrogen-bond acceptors (Lipinski definition) is 3. The van der Waals surface area contributed by atoms with Gasteiger partial charge in [0.2, 0.25) is 0 Å². The fourth-order valence-electron chi connectivity index (χ4n) is 2.48. The molecule has 2 heterocycles. The Kier molecular flexibility index (Phi) is 4.33. The van der Waals surface area contributed by atoms with Crippen molar-refractivity contribution in [2.45, 2.75) is 20.4 Å². The van der Waals surface area contributed by atoms with Gasteiger partial charge in [-0.1, -0.05) is 23.8 Å². The van der Waals surface area contributed by atoms with Crippen LogP contribution in [0.15, 0.2) is 63.9 Å². The van der Waals surface area contributed by atoms with E-state index in [-0.39, 0.29) is 23.8 Å². The van der Waals surface area contributed by atoms with Crippen LogP contribution in [0.5, 0.6) is 0 Å². The number of rotatable bonds is 4. The van der Waals surface area contributed by atoms with E-state index in [1.54, 1.807) is 30.5 Å². The first kappa shape index (κ1) is 15.8. The van der Waals surface area contributed by atoms with Crippen LogP contribution < -0.4 is 10.9 Å². The number of carbonyl (C=O) groups excluding carboxylic acids is 1. The molecule has 0 aliphatic carbocycles. The van der Waals surface area contributed by atoms with Crippen LogP contribution in [0.1, 0.15) is 27.4 Å². The molecule has 5 nitrogen and oxygen atoms in total. The maximum Gasteiger partial charge on any atom is 0.291 e. The van der Waals surface area contributed by atoms with Crippen molar-refractivity contribution < 1.29 is 9.21 Å². The average molecular weight is 322 g/mol. The van der Waals surface area contributed by atoms with Crippen LogP contribution in [-0.4, -0.2) is 10.5 Å². The molecule has 122 valence electrons.